The van der Waals surface area contributed by atoms with E-state index in [4.69, 9.17) is 31.3 Å². The zero-order valence-electron chi connectivity index (χ0n) is 21.5. The second-order valence-electron chi connectivity index (χ2n) is 8.45. The molecule has 0 aliphatic rings. The fraction of sp³-hybridized carbons (Fsp3) is 0.214. The fourth-order valence-electron chi connectivity index (χ4n) is 3.75. The Balaban J connectivity index is 1.63. The Morgan fingerprint density at radius 1 is 1.23 bits per heavy atom. The number of aliphatic hydroxyl groups excluding tert-OH is 2. The molecular formula is C28H24FN5O5S. The lowest BCUT2D eigenvalue weighted by atomic mass is 10.00. The zero-order valence-corrected chi connectivity index (χ0v) is 22.3. The van der Waals surface area contributed by atoms with Crippen molar-refractivity contribution in [3.8, 4) is 40.1 Å². The summed E-state index contributed by atoms with van der Waals surface area (Å²) in [6.45, 7) is 8.82. The molecule has 0 radical (unpaired) electrons. The number of nitrogen functional groups attached to an aromatic ring is 1. The Hall–Kier alpha value is -4.62. The summed E-state index contributed by atoms with van der Waals surface area (Å²) in [5.41, 5.74) is 7.92. The normalized spacial score (nSPS) is 11.5. The maximum atomic E-state index is 14.6. The second-order valence-corrected chi connectivity index (χ2v) is 9.42. The summed E-state index contributed by atoms with van der Waals surface area (Å²) in [6, 6.07) is 13.1. The third kappa shape index (κ3) is 6.00. The number of nitrogens with two attached hydrogens (primary N) is 1. The monoisotopic (exact) mass is 561 g/mol. The number of thioether (sulfide) groups is 1. The topological polar surface area (TPSA) is 152 Å². The molecule has 0 amide bonds. The number of benzene rings is 2. The quantitative estimate of drug-likeness (QED) is 0.180. The maximum Gasteiger partial charge on any atom is 0.236 e. The number of hydrogen-bond donors (Lipinski definition) is 3. The van der Waals surface area contributed by atoms with Crippen molar-refractivity contribution in [2.75, 3.05) is 26.1 Å². The maximum absolute atomic E-state index is 14.6. The van der Waals surface area contributed by atoms with Gasteiger partial charge in [-0.05, 0) is 36.8 Å². The van der Waals surface area contributed by atoms with Gasteiger partial charge < -0.3 is 29.8 Å². The number of rotatable bonds is 10. The number of nitrogens with zero attached hydrogens (tertiary/aromatic N) is 4. The summed E-state index contributed by atoms with van der Waals surface area (Å²) >= 11 is 1.19. The highest BCUT2D eigenvalue weighted by atomic mass is 32.2. The Morgan fingerprint density at radius 3 is 2.58 bits per heavy atom. The summed E-state index contributed by atoms with van der Waals surface area (Å²) in [4.78, 5) is 12.3. The van der Waals surface area contributed by atoms with E-state index in [1.807, 2.05) is 0 Å². The first-order chi connectivity index (χ1) is 19.3. The van der Waals surface area contributed by atoms with Gasteiger partial charge in [-0.3, -0.25) is 0 Å². The van der Waals surface area contributed by atoms with E-state index in [1.165, 1.54) is 31.0 Å². The summed E-state index contributed by atoms with van der Waals surface area (Å²) in [5.74, 6) is 1.06. The summed E-state index contributed by atoms with van der Waals surface area (Å²) < 4.78 is 30.7. The molecule has 40 heavy (non-hydrogen) atoms. The highest BCUT2D eigenvalue weighted by Crippen LogP contribution is 2.42. The lowest BCUT2D eigenvalue weighted by Crippen LogP contribution is -2.21. The first-order valence-corrected chi connectivity index (χ1v) is 12.8. The van der Waals surface area contributed by atoms with Gasteiger partial charge in [0.15, 0.2) is 0 Å². The van der Waals surface area contributed by atoms with Crippen LogP contribution in [0, 0.1) is 30.6 Å². The SMILES string of the molecule is [C-]#[N+]c1c(N)nc(SCc2nc(-c3ccc(OC)cc3F)oc2C)c(C#N)c1-c1ccc(OC[C@H](O)CO)cc1. The van der Waals surface area contributed by atoms with Crippen LogP contribution in [0.25, 0.3) is 27.4 Å². The van der Waals surface area contributed by atoms with Gasteiger partial charge in [0.1, 0.15) is 52.7 Å². The van der Waals surface area contributed by atoms with Gasteiger partial charge >= 0.3 is 0 Å². The third-order valence-corrected chi connectivity index (χ3v) is 6.82. The number of anilines is 1. The van der Waals surface area contributed by atoms with Gasteiger partial charge in [0.2, 0.25) is 11.6 Å². The Kier molecular flexibility index (Phi) is 8.86. The molecule has 204 valence electrons. The molecule has 0 bridgehead atoms. The number of hydrogen-bond acceptors (Lipinski definition) is 10. The molecule has 0 aliphatic heterocycles. The molecule has 0 fully saturated rings. The van der Waals surface area contributed by atoms with Gasteiger partial charge in [-0.25, -0.2) is 19.2 Å². The van der Waals surface area contributed by atoms with E-state index in [1.54, 1.807) is 37.3 Å². The molecule has 0 saturated carbocycles. The lowest BCUT2D eigenvalue weighted by molar-refractivity contribution is 0.0536. The van der Waals surface area contributed by atoms with Crippen molar-refractivity contribution in [3.63, 3.8) is 0 Å². The van der Waals surface area contributed by atoms with Gasteiger partial charge in [-0.2, -0.15) is 5.26 Å². The molecule has 4 N–H and O–H groups in total. The van der Waals surface area contributed by atoms with Crippen LogP contribution in [0.3, 0.4) is 0 Å². The number of aryl methyl sites for hydroxylation is 1. The van der Waals surface area contributed by atoms with Crippen molar-refractivity contribution in [2.45, 2.75) is 23.8 Å². The highest BCUT2D eigenvalue weighted by Gasteiger charge is 2.22. The molecule has 10 nitrogen and oxygen atoms in total. The average molecular weight is 562 g/mol. The summed E-state index contributed by atoms with van der Waals surface area (Å²) in [7, 11) is 1.45. The van der Waals surface area contributed by atoms with Crippen molar-refractivity contribution in [1.82, 2.24) is 9.97 Å². The average Bonchev–Trinajstić information content (AvgIpc) is 3.34. The van der Waals surface area contributed by atoms with Crippen LogP contribution in [0.1, 0.15) is 17.0 Å². The number of aromatic nitrogens is 2. The van der Waals surface area contributed by atoms with Crippen LogP contribution < -0.4 is 15.2 Å². The summed E-state index contributed by atoms with van der Waals surface area (Å²) in [6.07, 6.45) is -1.02. The van der Waals surface area contributed by atoms with Crippen molar-refractivity contribution >= 4 is 23.3 Å². The number of methoxy groups -OCH3 is 1. The molecule has 0 saturated heterocycles. The minimum atomic E-state index is -1.02. The minimum absolute atomic E-state index is 0.0317. The Labute approximate surface area is 233 Å². The van der Waals surface area contributed by atoms with Crippen molar-refractivity contribution < 1.29 is 28.5 Å². The van der Waals surface area contributed by atoms with Crippen LogP contribution in [0.2, 0.25) is 0 Å². The first kappa shape index (κ1) is 28.4. The van der Waals surface area contributed by atoms with E-state index in [-0.39, 0.29) is 40.9 Å². The first-order valence-electron chi connectivity index (χ1n) is 11.9. The number of pyridine rings is 1. The highest BCUT2D eigenvalue weighted by molar-refractivity contribution is 7.98. The molecule has 0 unspecified atom stereocenters. The van der Waals surface area contributed by atoms with Crippen LogP contribution in [0.15, 0.2) is 51.9 Å². The number of oxazole rings is 1. The molecule has 12 heteroatoms. The molecule has 4 aromatic rings. The van der Waals surface area contributed by atoms with E-state index in [0.717, 1.165) is 0 Å². The standard InChI is InChI=1S/C28H24FN5O5S/c1-15-23(33-27(39-15)20-9-8-19(37-3)10-22(20)29)14-40-28-21(11-30)24(25(32-2)26(31)34-28)16-4-6-18(7-5-16)38-13-17(36)12-35/h4-10,17,35-36H,12-14H2,1,3H3,(H2,31,34)/t17-/m1/s1. The molecule has 2 heterocycles. The van der Waals surface area contributed by atoms with Crippen LogP contribution >= 0.6 is 11.8 Å². The third-order valence-electron chi connectivity index (χ3n) is 5.83. The Morgan fingerprint density at radius 2 is 1.95 bits per heavy atom. The van der Waals surface area contributed by atoms with Crippen LogP contribution in [-0.2, 0) is 5.75 Å². The molecule has 1 atom stereocenters. The van der Waals surface area contributed by atoms with Crippen molar-refractivity contribution in [3.05, 3.63) is 76.7 Å². The fourth-order valence-corrected chi connectivity index (χ4v) is 4.74. The van der Waals surface area contributed by atoms with Gasteiger partial charge in [0, 0.05) is 17.4 Å². The largest absolute Gasteiger partial charge is 0.497 e. The predicted molar refractivity (Wildman–Crippen MR) is 146 cm³/mol. The minimum Gasteiger partial charge on any atom is -0.497 e. The second kappa shape index (κ2) is 12.5. The number of ether oxygens (including phenoxy) is 2. The van der Waals surface area contributed by atoms with Crippen LogP contribution in [0.4, 0.5) is 15.9 Å². The number of nitriles is 1. The summed E-state index contributed by atoms with van der Waals surface area (Å²) in [5, 5.41) is 28.8. The molecule has 0 aliphatic carbocycles. The molecule has 0 spiro atoms. The van der Waals surface area contributed by atoms with Gasteiger partial charge in [-0.15, -0.1) is 0 Å². The number of aliphatic hydroxyl groups is 2. The Bertz CT molecular complexity index is 1610. The molecule has 4 rings (SSSR count). The van der Waals surface area contributed by atoms with E-state index in [0.29, 0.717) is 39.1 Å². The van der Waals surface area contributed by atoms with E-state index in [9.17, 15) is 14.8 Å². The van der Waals surface area contributed by atoms with Gasteiger partial charge in [-0.1, -0.05) is 23.9 Å². The van der Waals surface area contributed by atoms with Crippen molar-refractivity contribution in [1.29, 1.82) is 5.26 Å². The molecular weight excluding hydrogens is 537 g/mol. The molecule has 2 aromatic heterocycles. The van der Waals surface area contributed by atoms with E-state index < -0.39 is 18.5 Å². The molecule has 2 aromatic carbocycles. The number of halogens is 1. The lowest BCUT2D eigenvalue weighted by Gasteiger charge is -2.14. The zero-order chi connectivity index (χ0) is 28.8. The van der Waals surface area contributed by atoms with Gasteiger partial charge in [0.05, 0.1) is 37.1 Å². The van der Waals surface area contributed by atoms with Gasteiger partial charge in [0.25, 0.3) is 0 Å². The van der Waals surface area contributed by atoms with Crippen LogP contribution in [-0.4, -0.2) is 46.6 Å². The smallest absolute Gasteiger partial charge is 0.236 e. The van der Waals surface area contributed by atoms with E-state index >= 15 is 0 Å². The van der Waals surface area contributed by atoms with Crippen LogP contribution in [0.5, 0.6) is 11.5 Å². The van der Waals surface area contributed by atoms with Crippen molar-refractivity contribution in [2.24, 2.45) is 0 Å². The van der Waals surface area contributed by atoms with E-state index in [2.05, 4.69) is 20.9 Å². The predicted octanol–water partition coefficient (Wildman–Crippen LogP) is 4.89.